The number of carbonyl (C=O) groups excluding carboxylic acids is 1. The van der Waals surface area contributed by atoms with Gasteiger partial charge in [-0.05, 0) is 24.1 Å². The van der Waals surface area contributed by atoms with E-state index in [1.165, 1.54) is 11.5 Å². The van der Waals surface area contributed by atoms with Crippen molar-refractivity contribution in [3.63, 3.8) is 0 Å². The van der Waals surface area contributed by atoms with Crippen molar-refractivity contribution in [3.8, 4) is 0 Å². The van der Waals surface area contributed by atoms with Gasteiger partial charge in [0.2, 0.25) is 0 Å². The molecule has 5 nitrogen and oxygen atoms in total. The van der Waals surface area contributed by atoms with Gasteiger partial charge in [-0.3, -0.25) is 9.69 Å². The molecule has 108 valence electrons. The van der Waals surface area contributed by atoms with Gasteiger partial charge in [0, 0.05) is 36.7 Å². The van der Waals surface area contributed by atoms with E-state index >= 15 is 0 Å². The molecule has 0 spiro atoms. The first-order chi connectivity index (χ1) is 10.3. The Hall–Kier alpha value is -2.05. The molecule has 0 saturated heterocycles. The summed E-state index contributed by atoms with van der Waals surface area (Å²) in [5.74, 6) is -0.124. The molecule has 1 aliphatic rings. The van der Waals surface area contributed by atoms with E-state index in [-0.39, 0.29) is 5.91 Å². The molecular weight excluding hydrogens is 284 g/mol. The van der Waals surface area contributed by atoms with Crippen molar-refractivity contribution in [2.75, 3.05) is 18.4 Å². The highest BCUT2D eigenvalue weighted by molar-refractivity contribution is 7.10. The molecule has 0 aliphatic carbocycles. The van der Waals surface area contributed by atoms with Crippen molar-refractivity contribution in [1.82, 2.24) is 14.5 Å². The average molecular weight is 300 g/mol. The zero-order chi connectivity index (χ0) is 14.5. The van der Waals surface area contributed by atoms with E-state index in [0.29, 0.717) is 10.6 Å². The summed E-state index contributed by atoms with van der Waals surface area (Å²) < 4.78 is 3.73. The van der Waals surface area contributed by atoms with Gasteiger partial charge in [0.25, 0.3) is 5.91 Å². The maximum atomic E-state index is 12.2. The van der Waals surface area contributed by atoms with Gasteiger partial charge < -0.3 is 5.32 Å². The standard InChI is InChI=1S/C15H16N4OS/c20-15(17-14-10-16-18-21-14)13-6-4-5-12(9-13)11-19-7-2-1-3-8-19/h1-2,4-6,9-10H,3,7-8,11H2,(H,17,20). The summed E-state index contributed by atoms with van der Waals surface area (Å²) in [4.78, 5) is 14.5. The molecule has 1 aromatic carbocycles. The van der Waals surface area contributed by atoms with Crippen LogP contribution in [0.5, 0.6) is 0 Å². The van der Waals surface area contributed by atoms with E-state index in [9.17, 15) is 4.79 Å². The molecule has 0 unspecified atom stereocenters. The van der Waals surface area contributed by atoms with Crippen molar-refractivity contribution in [2.45, 2.75) is 13.0 Å². The summed E-state index contributed by atoms with van der Waals surface area (Å²) in [6.45, 7) is 2.91. The second-order valence-electron chi connectivity index (χ2n) is 4.93. The van der Waals surface area contributed by atoms with Gasteiger partial charge in [0.1, 0.15) is 5.00 Å². The molecule has 0 bridgehead atoms. The Morgan fingerprint density at radius 3 is 3.10 bits per heavy atom. The largest absolute Gasteiger partial charge is 0.311 e. The number of amides is 1. The molecule has 0 fully saturated rings. The lowest BCUT2D eigenvalue weighted by molar-refractivity contribution is 0.102. The number of hydrogen-bond donors (Lipinski definition) is 1. The predicted octanol–water partition coefficient (Wildman–Crippen LogP) is 2.55. The van der Waals surface area contributed by atoms with Crippen LogP contribution in [0.25, 0.3) is 0 Å². The Morgan fingerprint density at radius 1 is 1.38 bits per heavy atom. The Labute approximate surface area is 127 Å². The number of rotatable bonds is 4. The smallest absolute Gasteiger partial charge is 0.256 e. The van der Waals surface area contributed by atoms with Gasteiger partial charge in [-0.1, -0.05) is 28.8 Å². The summed E-state index contributed by atoms with van der Waals surface area (Å²) >= 11 is 1.17. The van der Waals surface area contributed by atoms with Gasteiger partial charge >= 0.3 is 0 Å². The summed E-state index contributed by atoms with van der Waals surface area (Å²) in [5.41, 5.74) is 1.81. The topological polar surface area (TPSA) is 58.1 Å². The normalized spacial score (nSPS) is 15.0. The molecule has 3 rings (SSSR count). The first-order valence-corrected chi connectivity index (χ1v) is 7.63. The first kappa shape index (κ1) is 13.9. The van der Waals surface area contributed by atoms with Crippen molar-refractivity contribution in [3.05, 3.63) is 53.7 Å². The Bertz CT molecular complexity index is 639. The van der Waals surface area contributed by atoms with E-state index < -0.39 is 0 Å². The highest BCUT2D eigenvalue weighted by Gasteiger charge is 2.10. The van der Waals surface area contributed by atoms with Gasteiger partial charge in [0.15, 0.2) is 0 Å². The van der Waals surface area contributed by atoms with Crippen molar-refractivity contribution >= 4 is 22.4 Å². The molecule has 0 radical (unpaired) electrons. The maximum Gasteiger partial charge on any atom is 0.256 e. The highest BCUT2D eigenvalue weighted by Crippen LogP contribution is 2.14. The summed E-state index contributed by atoms with van der Waals surface area (Å²) in [7, 11) is 0. The van der Waals surface area contributed by atoms with E-state index in [4.69, 9.17) is 0 Å². The summed E-state index contributed by atoms with van der Waals surface area (Å²) in [6.07, 6.45) is 7.05. The third-order valence-electron chi connectivity index (χ3n) is 3.34. The summed E-state index contributed by atoms with van der Waals surface area (Å²) in [5, 5.41) is 7.16. The van der Waals surface area contributed by atoms with Gasteiger partial charge in [0.05, 0.1) is 6.20 Å². The van der Waals surface area contributed by atoms with Crippen LogP contribution < -0.4 is 5.32 Å². The number of aromatic nitrogens is 2. The molecule has 1 aliphatic heterocycles. The molecule has 0 saturated carbocycles. The van der Waals surface area contributed by atoms with Crippen LogP contribution in [0.1, 0.15) is 22.3 Å². The third-order valence-corrected chi connectivity index (χ3v) is 3.92. The Balaban J connectivity index is 1.67. The molecule has 1 aromatic heterocycles. The Morgan fingerprint density at radius 2 is 2.33 bits per heavy atom. The highest BCUT2D eigenvalue weighted by atomic mass is 32.1. The number of benzene rings is 1. The van der Waals surface area contributed by atoms with Gasteiger partial charge in [-0.25, -0.2) is 0 Å². The molecular formula is C15H16N4OS. The van der Waals surface area contributed by atoms with Crippen LogP contribution in [-0.4, -0.2) is 33.5 Å². The second-order valence-corrected chi connectivity index (χ2v) is 5.72. The van der Waals surface area contributed by atoms with Crippen molar-refractivity contribution in [1.29, 1.82) is 0 Å². The maximum absolute atomic E-state index is 12.2. The van der Waals surface area contributed by atoms with Crippen LogP contribution in [0.3, 0.4) is 0 Å². The van der Waals surface area contributed by atoms with Gasteiger partial charge in [-0.15, -0.1) is 5.10 Å². The zero-order valence-corrected chi connectivity index (χ0v) is 12.3. The van der Waals surface area contributed by atoms with Crippen LogP contribution >= 0.6 is 11.5 Å². The SMILES string of the molecule is O=C(Nc1cnns1)c1cccc(CN2CC=CCC2)c1. The third kappa shape index (κ3) is 3.74. The minimum atomic E-state index is -0.124. The van der Waals surface area contributed by atoms with Gasteiger partial charge in [-0.2, -0.15) is 0 Å². The number of nitrogens with one attached hydrogen (secondary N) is 1. The van der Waals surface area contributed by atoms with Crippen LogP contribution in [0.2, 0.25) is 0 Å². The lowest BCUT2D eigenvalue weighted by Crippen LogP contribution is -2.26. The minimum absolute atomic E-state index is 0.124. The first-order valence-electron chi connectivity index (χ1n) is 6.86. The predicted molar refractivity (Wildman–Crippen MR) is 83.3 cm³/mol. The summed E-state index contributed by atoms with van der Waals surface area (Å²) in [6, 6.07) is 7.75. The van der Waals surface area contributed by atoms with E-state index in [1.807, 2.05) is 18.2 Å². The van der Waals surface area contributed by atoms with E-state index in [2.05, 4.69) is 38.0 Å². The Kier molecular flexibility index (Phi) is 4.37. The molecule has 2 heterocycles. The molecule has 21 heavy (non-hydrogen) atoms. The molecule has 1 N–H and O–H groups in total. The lowest BCUT2D eigenvalue weighted by Gasteiger charge is -2.23. The minimum Gasteiger partial charge on any atom is -0.311 e. The van der Waals surface area contributed by atoms with E-state index in [1.54, 1.807) is 6.20 Å². The zero-order valence-electron chi connectivity index (χ0n) is 11.5. The number of anilines is 1. The van der Waals surface area contributed by atoms with Crippen molar-refractivity contribution in [2.24, 2.45) is 0 Å². The number of carbonyl (C=O) groups is 1. The number of nitrogens with zero attached hydrogens (tertiary/aromatic N) is 3. The average Bonchev–Trinajstić information content (AvgIpc) is 3.01. The van der Waals surface area contributed by atoms with Crippen molar-refractivity contribution < 1.29 is 4.79 Å². The molecule has 0 atom stereocenters. The number of hydrogen-bond acceptors (Lipinski definition) is 5. The van der Waals surface area contributed by atoms with Crippen LogP contribution in [0.15, 0.2) is 42.6 Å². The second kappa shape index (κ2) is 6.60. The lowest BCUT2D eigenvalue weighted by atomic mass is 10.1. The quantitative estimate of drug-likeness (QED) is 0.882. The molecule has 6 heteroatoms. The molecule has 1 amide bonds. The van der Waals surface area contributed by atoms with E-state index in [0.717, 1.165) is 31.6 Å². The van der Waals surface area contributed by atoms with Crippen LogP contribution in [0, 0.1) is 0 Å². The monoisotopic (exact) mass is 300 g/mol. The molecule has 2 aromatic rings. The fourth-order valence-electron chi connectivity index (χ4n) is 2.31. The fourth-order valence-corrected chi connectivity index (χ4v) is 2.72. The van der Waals surface area contributed by atoms with Crippen LogP contribution in [-0.2, 0) is 6.54 Å². The van der Waals surface area contributed by atoms with Crippen LogP contribution in [0.4, 0.5) is 5.00 Å². The fraction of sp³-hybridized carbons (Fsp3) is 0.267.